The fraction of sp³-hybridized carbons (Fsp3) is 0.407. The molecule has 6 heterocycles. The van der Waals surface area contributed by atoms with Gasteiger partial charge >= 0.3 is 0 Å². The van der Waals surface area contributed by atoms with Crippen LogP contribution in [-0.4, -0.2) is 172 Å². The molecule has 0 aliphatic rings. The van der Waals surface area contributed by atoms with E-state index in [9.17, 15) is 52.7 Å². The predicted molar refractivity (Wildman–Crippen MR) is 319 cm³/mol. The van der Waals surface area contributed by atoms with Crippen LogP contribution in [0.15, 0.2) is 55.4 Å². The molecule has 6 aromatic rings. The van der Waals surface area contributed by atoms with Gasteiger partial charge in [0.05, 0.1) is 23.1 Å². The molecule has 0 aliphatic carbocycles. The van der Waals surface area contributed by atoms with Crippen LogP contribution in [-0.2, 0) is 66.3 Å². The first-order valence-corrected chi connectivity index (χ1v) is 27.4. The van der Waals surface area contributed by atoms with E-state index in [1.165, 1.54) is 83.5 Å². The molecule has 0 bridgehead atoms. The van der Waals surface area contributed by atoms with Crippen LogP contribution < -0.4 is 64.2 Å². The zero-order chi connectivity index (χ0) is 63.6. The van der Waals surface area contributed by atoms with E-state index < -0.39 is 59.2 Å². The molecule has 11 amide bonds. The third-order valence-electron chi connectivity index (χ3n) is 12.9. The van der Waals surface area contributed by atoms with Crippen LogP contribution in [0.4, 0.5) is 34.5 Å². The molecular formula is C54H74N22O11. The first kappa shape index (κ1) is 65.7. The van der Waals surface area contributed by atoms with Gasteiger partial charge in [-0.15, -0.1) is 0 Å². The Hall–Kier alpha value is -10.4. The van der Waals surface area contributed by atoms with Gasteiger partial charge in [-0.25, -0.2) is 15.0 Å². The summed E-state index contributed by atoms with van der Waals surface area (Å²) in [7, 11) is 13.4. The lowest BCUT2D eigenvalue weighted by Gasteiger charge is -2.12. The topological polar surface area (TPSA) is 418 Å². The molecule has 0 saturated heterocycles. The van der Waals surface area contributed by atoms with Crippen LogP contribution >= 0.6 is 0 Å². The molecule has 6 aromatic heterocycles. The Labute approximate surface area is 499 Å². The van der Waals surface area contributed by atoms with Crippen LogP contribution in [0.25, 0.3) is 0 Å². The summed E-state index contributed by atoms with van der Waals surface area (Å²) >= 11 is 0. The maximum atomic E-state index is 13.3. The lowest BCUT2D eigenvalue weighted by Crippen LogP contribution is -2.39. The molecular weight excluding hydrogens is 1130 g/mol. The second kappa shape index (κ2) is 30.4. The number of nitrogens with two attached hydrogens (primary N) is 1. The second-order valence-electron chi connectivity index (χ2n) is 20.6. The molecule has 0 aromatic carbocycles. The number of nitrogens with one attached hydrogen (secondary N) is 11. The van der Waals surface area contributed by atoms with E-state index in [0.29, 0.717) is 12.2 Å². The summed E-state index contributed by atoms with van der Waals surface area (Å²) in [6.07, 6.45) is 10.0. The van der Waals surface area contributed by atoms with Gasteiger partial charge in [0, 0.05) is 138 Å². The highest BCUT2D eigenvalue weighted by molar-refractivity contribution is 6.05. The molecule has 0 unspecified atom stereocenters. The maximum Gasteiger partial charge on any atom is 0.291 e. The lowest BCUT2D eigenvalue weighted by atomic mass is 10.2. The van der Waals surface area contributed by atoms with Crippen LogP contribution in [0.3, 0.4) is 0 Å². The third kappa shape index (κ3) is 19.3. The van der Waals surface area contributed by atoms with E-state index in [2.05, 4.69) is 73.4 Å². The SMILES string of the molecule is CC(=O)Nc1cn(C)c(C(=O)NCCC(=O)Nc2cn(C)c(C(=O)Nc3cc(C(=O)NCCCC(=O)Nc4cn(C)c(C(=O)Nc5cc(C(=O)NCC[C@@H](N)C(=O)Nc6cc(C(=O)NCCC(=O)NCCCN(C)C)n(C)c6)n(C)c5)n4)n(C)c3)n2)n1. The highest BCUT2D eigenvalue weighted by Gasteiger charge is 2.23. The second-order valence-corrected chi connectivity index (χ2v) is 20.6. The minimum Gasteiger partial charge on any atom is -0.356 e. The Bertz CT molecular complexity index is 3540. The quantitative estimate of drug-likeness (QED) is 0.0254. The van der Waals surface area contributed by atoms with Gasteiger partial charge in [0.1, 0.15) is 17.1 Å². The van der Waals surface area contributed by atoms with E-state index in [1.807, 2.05) is 19.0 Å². The Kier molecular flexibility index (Phi) is 23.0. The van der Waals surface area contributed by atoms with Crippen molar-refractivity contribution >= 4 is 99.5 Å². The minimum absolute atomic E-state index is 0.0167. The number of aromatic nitrogens is 9. The molecule has 0 fully saturated rings. The molecule has 33 nitrogen and oxygen atoms in total. The number of hydrogen-bond acceptors (Lipinski definition) is 16. The third-order valence-corrected chi connectivity index (χ3v) is 12.9. The Morgan fingerprint density at radius 2 is 0.828 bits per heavy atom. The van der Waals surface area contributed by atoms with Gasteiger partial charge in [0.15, 0.2) is 17.5 Å². The maximum absolute atomic E-state index is 13.3. The predicted octanol–water partition coefficient (Wildman–Crippen LogP) is -0.453. The van der Waals surface area contributed by atoms with Gasteiger partial charge in [-0.1, -0.05) is 0 Å². The first-order valence-electron chi connectivity index (χ1n) is 27.4. The summed E-state index contributed by atoms with van der Waals surface area (Å²) in [5.74, 6) is -4.91. The van der Waals surface area contributed by atoms with E-state index in [1.54, 1.807) is 48.5 Å². The van der Waals surface area contributed by atoms with E-state index in [0.717, 1.165) is 13.0 Å². The van der Waals surface area contributed by atoms with Crippen molar-refractivity contribution in [2.75, 3.05) is 85.3 Å². The molecule has 0 radical (unpaired) electrons. The lowest BCUT2D eigenvalue weighted by molar-refractivity contribution is -0.121. The number of anilines is 6. The van der Waals surface area contributed by atoms with Gasteiger partial charge < -0.3 is 96.5 Å². The Morgan fingerprint density at radius 3 is 1.30 bits per heavy atom. The van der Waals surface area contributed by atoms with Gasteiger partial charge in [-0.2, -0.15) is 0 Å². The highest BCUT2D eigenvalue weighted by atomic mass is 16.2. The van der Waals surface area contributed by atoms with Crippen molar-refractivity contribution in [3.8, 4) is 0 Å². The molecule has 87 heavy (non-hydrogen) atoms. The standard InChI is InChI=1S/C54H74N22O11/c1-31(77)61-39-28-74(7)45(67-39)52(85)60-20-15-44(80)66-41-30-76(9)47(69-41)54(87)63-33-23-36(72(5)26-33)49(82)57-16-10-12-43(79)65-40-29-75(8)46(68-40)53(86)64-34-24-38(73(6)27-34)50(83)58-18-13-35(55)48(81)62-32-22-37(71(4)25-32)51(84)59-19-14-42(78)56-17-11-21-70(2)3/h22-30,35H,10-21,55H2,1-9H3,(H,56,78)(H,57,82)(H,58,83)(H,59,84)(H,60,85)(H,61,77)(H,62,81)(H,63,87)(H,64,86)(H,65,79)(H,66,80)/t35-/m1/s1. The molecule has 466 valence electrons. The van der Waals surface area contributed by atoms with Crippen molar-refractivity contribution in [3.05, 3.63) is 89.9 Å². The Balaban J connectivity index is 0.865. The van der Waals surface area contributed by atoms with Gasteiger partial charge in [-0.3, -0.25) is 52.7 Å². The molecule has 13 N–H and O–H groups in total. The Morgan fingerprint density at radius 1 is 0.437 bits per heavy atom. The number of imidazole rings is 3. The molecule has 0 spiro atoms. The molecule has 6 rings (SSSR count). The van der Waals surface area contributed by atoms with Crippen molar-refractivity contribution < 1.29 is 52.7 Å². The zero-order valence-corrected chi connectivity index (χ0v) is 49.8. The summed E-state index contributed by atoms with van der Waals surface area (Å²) in [5.41, 5.74) is 7.66. The fourth-order valence-electron chi connectivity index (χ4n) is 8.55. The number of amides is 11. The van der Waals surface area contributed by atoms with Crippen molar-refractivity contribution in [2.45, 2.75) is 51.5 Å². The van der Waals surface area contributed by atoms with Crippen LogP contribution in [0, 0.1) is 0 Å². The van der Waals surface area contributed by atoms with E-state index >= 15 is 0 Å². The summed E-state index contributed by atoms with van der Waals surface area (Å²) in [6.45, 7) is 2.92. The van der Waals surface area contributed by atoms with Crippen LogP contribution in [0.1, 0.15) is 109 Å². The summed E-state index contributed by atoms with van der Waals surface area (Å²) < 4.78 is 8.77. The van der Waals surface area contributed by atoms with E-state index in [-0.39, 0.29) is 133 Å². The smallest absolute Gasteiger partial charge is 0.291 e. The number of hydrogen-bond donors (Lipinski definition) is 12. The molecule has 0 saturated carbocycles. The number of carbonyl (C=O) groups is 11. The number of carbonyl (C=O) groups excluding carboxylic acids is 11. The molecule has 0 aliphatic heterocycles. The number of nitrogens with zero attached hydrogens (tertiary/aromatic N) is 10. The fourth-order valence-corrected chi connectivity index (χ4v) is 8.55. The zero-order valence-electron chi connectivity index (χ0n) is 49.8. The van der Waals surface area contributed by atoms with Crippen molar-refractivity contribution in [1.82, 2.24) is 73.8 Å². The minimum atomic E-state index is -1.02. The first-order chi connectivity index (χ1) is 41.2. The molecule has 33 heteroatoms. The normalized spacial score (nSPS) is 11.3. The summed E-state index contributed by atoms with van der Waals surface area (Å²) in [5, 5.41) is 29.4. The number of rotatable bonds is 30. The van der Waals surface area contributed by atoms with Gasteiger partial charge in [-0.05, 0) is 58.1 Å². The summed E-state index contributed by atoms with van der Waals surface area (Å²) in [6, 6.07) is 3.37. The van der Waals surface area contributed by atoms with Gasteiger partial charge in [0.25, 0.3) is 35.4 Å². The van der Waals surface area contributed by atoms with Crippen molar-refractivity contribution in [1.29, 1.82) is 0 Å². The highest BCUT2D eigenvalue weighted by Crippen LogP contribution is 2.19. The average Bonchev–Trinajstić information content (AvgIpc) is 3.43. The van der Waals surface area contributed by atoms with Crippen molar-refractivity contribution in [3.63, 3.8) is 0 Å². The van der Waals surface area contributed by atoms with E-state index in [4.69, 9.17) is 5.73 Å². The average molecular weight is 1210 g/mol. The largest absolute Gasteiger partial charge is 0.356 e. The number of aryl methyl sites for hydroxylation is 6. The van der Waals surface area contributed by atoms with Crippen molar-refractivity contribution in [2.24, 2.45) is 48.0 Å². The van der Waals surface area contributed by atoms with Crippen LogP contribution in [0.2, 0.25) is 0 Å². The van der Waals surface area contributed by atoms with Crippen LogP contribution in [0.5, 0.6) is 0 Å². The monoisotopic (exact) mass is 1210 g/mol. The summed E-state index contributed by atoms with van der Waals surface area (Å²) in [4.78, 5) is 155. The molecule has 1 atom stereocenters. The van der Waals surface area contributed by atoms with Gasteiger partial charge in [0.2, 0.25) is 47.0 Å².